The first-order valence-electron chi connectivity index (χ1n) is 7.63. The molecule has 2 atom stereocenters. The van der Waals surface area contributed by atoms with E-state index in [1.807, 2.05) is 12.3 Å². The monoisotopic (exact) mass is 281 g/mol. The van der Waals surface area contributed by atoms with E-state index in [0.29, 0.717) is 5.92 Å². The summed E-state index contributed by atoms with van der Waals surface area (Å²) in [5.41, 5.74) is 11.6. The van der Waals surface area contributed by atoms with Crippen LogP contribution in [0.1, 0.15) is 41.6 Å². The van der Waals surface area contributed by atoms with Crippen LogP contribution in [-0.4, -0.2) is 19.1 Å². The molecule has 2 aromatic rings. The molecule has 0 saturated heterocycles. The highest BCUT2D eigenvalue weighted by molar-refractivity contribution is 5.48. The average molecular weight is 281 g/mol. The molecule has 110 valence electrons. The fourth-order valence-corrected chi connectivity index (χ4v) is 3.24. The first kappa shape index (κ1) is 14.1. The zero-order valence-electron chi connectivity index (χ0n) is 12.8. The standard InChI is InChI=1S/C18H23N3/c1-21(2)15-9-3-7-14(12-15)17(19)16-10-4-6-13-8-5-11-20-18(13)16/h3,5,7-9,11-12,16-17H,4,6,10,19H2,1-2H3. The maximum absolute atomic E-state index is 6.60. The van der Waals surface area contributed by atoms with Crippen molar-refractivity contribution in [2.45, 2.75) is 31.2 Å². The van der Waals surface area contributed by atoms with E-state index < -0.39 is 0 Å². The Kier molecular flexibility index (Phi) is 3.93. The Morgan fingerprint density at radius 3 is 2.90 bits per heavy atom. The van der Waals surface area contributed by atoms with Gasteiger partial charge in [0.25, 0.3) is 0 Å². The summed E-state index contributed by atoms with van der Waals surface area (Å²) in [7, 11) is 4.12. The Hall–Kier alpha value is -1.87. The lowest BCUT2D eigenvalue weighted by Crippen LogP contribution is -2.24. The minimum absolute atomic E-state index is 0.0128. The molecule has 0 aliphatic heterocycles. The van der Waals surface area contributed by atoms with E-state index in [9.17, 15) is 0 Å². The average Bonchev–Trinajstić information content (AvgIpc) is 2.53. The number of pyridine rings is 1. The first-order chi connectivity index (χ1) is 10.2. The van der Waals surface area contributed by atoms with Crippen LogP contribution in [0.4, 0.5) is 5.69 Å². The summed E-state index contributed by atoms with van der Waals surface area (Å²) in [4.78, 5) is 6.73. The number of anilines is 1. The zero-order chi connectivity index (χ0) is 14.8. The second-order valence-corrected chi connectivity index (χ2v) is 6.06. The lowest BCUT2D eigenvalue weighted by atomic mass is 9.80. The lowest BCUT2D eigenvalue weighted by Gasteiger charge is -2.29. The highest BCUT2D eigenvalue weighted by Crippen LogP contribution is 2.38. The summed E-state index contributed by atoms with van der Waals surface area (Å²) < 4.78 is 0. The van der Waals surface area contributed by atoms with Crippen molar-refractivity contribution in [1.82, 2.24) is 4.98 Å². The van der Waals surface area contributed by atoms with Crippen LogP contribution >= 0.6 is 0 Å². The number of hydrogen-bond acceptors (Lipinski definition) is 3. The SMILES string of the molecule is CN(C)c1cccc(C(N)C2CCCc3cccnc32)c1. The summed E-state index contributed by atoms with van der Waals surface area (Å²) >= 11 is 0. The molecule has 0 saturated carbocycles. The van der Waals surface area contributed by atoms with Gasteiger partial charge in [0.05, 0.1) is 0 Å². The van der Waals surface area contributed by atoms with Crippen molar-refractivity contribution in [2.24, 2.45) is 5.73 Å². The molecule has 3 heteroatoms. The number of aromatic nitrogens is 1. The van der Waals surface area contributed by atoms with Crippen molar-refractivity contribution in [3.63, 3.8) is 0 Å². The number of nitrogens with two attached hydrogens (primary N) is 1. The predicted octanol–water partition coefficient (Wildman–Crippen LogP) is 3.27. The molecule has 3 rings (SSSR count). The smallest absolute Gasteiger partial charge is 0.0485 e. The van der Waals surface area contributed by atoms with Crippen molar-refractivity contribution < 1.29 is 0 Å². The molecule has 1 aliphatic carbocycles. The van der Waals surface area contributed by atoms with Gasteiger partial charge in [-0.05, 0) is 48.6 Å². The molecular formula is C18H23N3. The number of benzene rings is 1. The second-order valence-electron chi connectivity index (χ2n) is 6.06. The van der Waals surface area contributed by atoms with Crippen LogP contribution in [0.3, 0.4) is 0 Å². The number of rotatable bonds is 3. The third kappa shape index (κ3) is 2.79. The minimum Gasteiger partial charge on any atom is -0.378 e. The van der Waals surface area contributed by atoms with E-state index in [1.54, 1.807) is 0 Å². The zero-order valence-corrected chi connectivity index (χ0v) is 12.8. The van der Waals surface area contributed by atoms with Gasteiger partial charge in [-0.15, -0.1) is 0 Å². The van der Waals surface area contributed by atoms with Gasteiger partial charge in [0, 0.05) is 43.6 Å². The van der Waals surface area contributed by atoms with Crippen molar-refractivity contribution in [2.75, 3.05) is 19.0 Å². The Morgan fingerprint density at radius 2 is 2.10 bits per heavy atom. The van der Waals surface area contributed by atoms with Gasteiger partial charge in [0.1, 0.15) is 0 Å². The van der Waals surface area contributed by atoms with Gasteiger partial charge in [-0.3, -0.25) is 4.98 Å². The van der Waals surface area contributed by atoms with Crippen molar-refractivity contribution in [1.29, 1.82) is 0 Å². The molecule has 0 amide bonds. The van der Waals surface area contributed by atoms with Crippen LogP contribution in [0.15, 0.2) is 42.6 Å². The highest BCUT2D eigenvalue weighted by Gasteiger charge is 2.27. The molecule has 1 aromatic carbocycles. The summed E-state index contributed by atoms with van der Waals surface area (Å²) in [6.45, 7) is 0. The molecule has 21 heavy (non-hydrogen) atoms. The quantitative estimate of drug-likeness (QED) is 0.939. The van der Waals surface area contributed by atoms with E-state index in [-0.39, 0.29) is 6.04 Å². The largest absolute Gasteiger partial charge is 0.378 e. The van der Waals surface area contributed by atoms with Crippen molar-refractivity contribution in [3.8, 4) is 0 Å². The van der Waals surface area contributed by atoms with Gasteiger partial charge < -0.3 is 10.6 Å². The van der Waals surface area contributed by atoms with E-state index in [1.165, 1.54) is 28.9 Å². The van der Waals surface area contributed by atoms with Gasteiger partial charge in [-0.1, -0.05) is 18.2 Å². The van der Waals surface area contributed by atoms with Crippen LogP contribution in [0.25, 0.3) is 0 Å². The molecule has 1 heterocycles. The van der Waals surface area contributed by atoms with Crippen LogP contribution in [0, 0.1) is 0 Å². The molecule has 1 aliphatic rings. The maximum atomic E-state index is 6.60. The summed E-state index contributed by atoms with van der Waals surface area (Å²) in [5, 5.41) is 0. The van der Waals surface area contributed by atoms with Crippen molar-refractivity contribution in [3.05, 3.63) is 59.4 Å². The third-order valence-electron chi connectivity index (χ3n) is 4.44. The fraction of sp³-hybridized carbons (Fsp3) is 0.389. The summed E-state index contributed by atoms with van der Waals surface area (Å²) in [6.07, 6.45) is 5.34. The second kappa shape index (κ2) is 5.86. The summed E-state index contributed by atoms with van der Waals surface area (Å²) in [6, 6.07) is 12.8. The van der Waals surface area contributed by atoms with Crippen LogP contribution in [0.2, 0.25) is 0 Å². The molecule has 0 fully saturated rings. The molecule has 2 unspecified atom stereocenters. The third-order valence-corrected chi connectivity index (χ3v) is 4.44. The Morgan fingerprint density at radius 1 is 1.24 bits per heavy atom. The summed E-state index contributed by atoms with van der Waals surface area (Å²) in [5.74, 6) is 0.326. The fourth-order valence-electron chi connectivity index (χ4n) is 3.24. The van der Waals surface area contributed by atoms with Gasteiger partial charge in [-0.25, -0.2) is 0 Å². The number of hydrogen-bond donors (Lipinski definition) is 1. The first-order valence-corrected chi connectivity index (χ1v) is 7.63. The predicted molar refractivity (Wildman–Crippen MR) is 87.6 cm³/mol. The number of aryl methyl sites for hydroxylation is 1. The number of fused-ring (bicyclic) bond motifs is 1. The minimum atomic E-state index is 0.0128. The molecule has 0 radical (unpaired) electrons. The normalized spacial score (nSPS) is 18.9. The van der Waals surface area contributed by atoms with E-state index >= 15 is 0 Å². The van der Waals surface area contributed by atoms with Crippen LogP contribution < -0.4 is 10.6 Å². The van der Waals surface area contributed by atoms with Gasteiger partial charge in [-0.2, -0.15) is 0 Å². The highest BCUT2D eigenvalue weighted by atomic mass is 15.1. The Labute approximate surface area is 126 Å². The van der Waals surface area contributed by atoms with Crippen LogP contribution in [-0.2, 0) is 6.42 Å². The van der Waals surface area contributed by atoms with Gasteiger partial charge >= 0.3 is 0 Å². The topological polar surface area (TPSA) is 42.1 Å². The number of nitrogens with zero attached hydrogens (tertiary/aromatic N) is 2. The molecule has 0 spiro atoms. The molecular weight excluding hydrogens is 258 g/mol. The molecule has 3 nitrogen and oxygen atoms in total. The van der Waals surface area contributed by atoms with Crippen molar-refractivity contribution >= 4 is 5.69 Å². The van der Waals surface area contributed by atoms with E-state index in [4.69, 9.17) is 5.73 Å². The molecule has 1 aromatic heterocycles. The van der Waals surface area contributed by atoms with Crippen LogP contribution in [0.5, 0.6) is 0 Å². The van der Waals surface area contributed by atoms with E-state index in [2.05, 4.69) is 54.3 Å². The van der Waals surface area contributed by atoms with Gasteiger partial charge in [0.15, 0.2) is 0 Å². The molecule has 0 bridgehead atoms. The van der Waals surface area contributed by atoms with E-state index in [0.717, 1.165) is 12.8 Å². The Bertz CT molecular complexity index is 621. The Balaban J connectivity index is 1.93. The van der Waals surface area contributed by atoms with Gasteiger partial charge in [0.2, 0.25) is 0 Å². The maximum Gasteiger partial charge on any atom is 0.0485 e. The lowest BCUT2D eigenvalue weighted by molar-refractivity contribution is 0.463. The molecule has 2 N–H and O–H groups in total.